The third-order valence-electron chi connectivity index (χ3n) is 2.54. The number of hydrogen-bond donors (Lipinski definition) is 1. The van der Waals surface area contributed by atoms with Crippen LogP contribution in [0.15, 0.2) is 24.3 Å². The van der Waals surface area contributed by atoms with Crippen LogP contribution in [0.25, 0.3) is 0 Å². The van der Waals surface area contributed by atoms with Gasteiger partial charge in [0.15, 0.2) is 0 Å². The molecule has 1 N–H and O–H groups in total. The molecule has 1 aromatic rings. The Bertz CT molecular complexity index is 445. The van der Waals surface area contributed by atoms with Crippen LogP contribution in [-0.2, 0) is 14.3 Å². The molecule has 0 aliphatic carbocycles. The molecule has 1 rings (SSSR count). The maximum atomic E-state index is 11.4. The second-order valence-corrected chi connectivity index (χ2v) is 4.32. The first-order valence-corrected chi connectivity index (χ1v) is 6.73. The lowest BCUT2D eigenvalue weighted by Crippen LogP contribution is -2.28. The van der Waals surface area contributed by atoms with Crippen LogP contribution in [0, 0.1) is 6.92 Å². The summed E-state index contributed by atoms with van der Waals surface area (Å²) in [6.07, 6.45) is 0.252. The lowest BCUT2D eigenvalue weighted by Gasteiger charge is -2.08. The molecule has 1 aromatic carbocycles. The van der Waals surface area contributed by atoms with Crippen LogP contribution in [0.4, 0.5) is 0 Å². The first-order valence-electron chi connectivity index (χ1n) is 6.73. The molecule has 20 heavy (non-hydrogen) atoms. The van der Waals surface area contributed by atoms with Gasteiger partial charge in [-0.05, 0) is 31.5 Å². The highest BCUT2D eigenvalue weighted by molar-refractivity contribution is 5.81. The molecule has 0 aliphatic heterocycles. The minimum atomic E-state index is -0.348. The number of benzene rings is 1. The second-order valence-electron chi connectivity index (χ2n) is 4.32. The van der Waals surface area contributed by atoms with Crippen LogP contribution >= 0.6 is 0 Å². The minimum absolute atomic E-state index is 0.110. The molecule has 0 radical (unpaired) electrons. The van der Waals surface area contributed by atoms with Gasteiger partial charge in [0.25, 0.3) is 0 Å². The Morgan fingerprint density at radius 3 is 2.75 bits per heavy atom. The molecule has 5 nitrogen and oxygen atoms in total. The summed E-state index contributed by atoms with van der Waals surface area (Å²) in [5, 5.41) is 2.69. The van der Waals surface area contributed by atoms with E-state index in [0.717, 1.165) is 11.3 Å². The smallest absolute Gasteiger partial charge is 0.306 e. The molecule has 0 fully saturated rings. The van der Waals surface area contributed by atoms with Gasteiger partial charge in [0.1, 0.15) is 12.4 Å². The van der Waals surface area contributed by atoms with Gasteiger partial charge in [-0.2, -0.15) is 0 Å². The molecule has 0 saturated carbocycles. The van der Waals surface area contributed by atoms with Crippen molar-refractivity contribution in [2.24, 2.45) is 0 Å². The van der Waals surface area contributed by atoms with Gasteiger partial charge in [0, 0.05) is 6.42 Å². The molecule has 1 amide bonds. The van der Waals surface area contributed by atoms with Gasteiger partial charge in [-0.1, -0.05) is 12.1 Å². The number of rotatable bonds is 8. The number of ether oxygens (including phenoxy) is 2. The topological polar surface area (TPSA) is 64.6 Å². The molecule has 0 heterocycles. The van der Waals surface area contributed by atoms with Gasteiger partial charge >= 0.3 is 5.97 Å². The number of hydrogen-bond acceptors (Lipinski definition) is 4. The molecule has 110 valence electrons. The second kappa shape index (κ2) is 8.96. The van der Waals surface area contributed by atoms with Crippen LogP contribution in [0.1, 0.15) is 25.3 Å². The Morgan fingerprint density at radius 1 is 1.25 bits per heavy atom. The number of amides is 1. The van der Waals surface area contributed by atoms with E-state index in [1.165, 1.54) is 0 Å². The van der Waals surface area contributed by atoms with Gasteiger partial charge in [-0.25, -0.2) is 0 Å². The summed E-state index contributed by atoms with van der Waals surface area (Å²) < 4.78 is 10.2. The number of nitrogens with one attached hydrogen (secondary N) is 1. The Balaban J connectivity index is 2.11. The largest absolute Gasteiger partial charge is 0.492 e. The summed E-state index contributed by atoms with van der Waals surface area (Å²) in [5.74, 6) is 0.260. The minimum Gasteiger partial charge on any atom is -0.492 e. The van der Waals surface area contributed by atoms with Gasteiger partial charge in [-0.15, -0.1) is 0 Å². The van der Waals surface area contributed by atoms with Gasteiger partial charge in [0.05, 0.1) is 19.6 Å². The average molecular weight is 279 g/mol. The van der Waals surface area contributed by atoms with Crippen molar-refractivity contribution in [3.05, 3.63) is 29.8 Å². The molecule has 0 bridgehead atoms. The standard InChI is InChI=1S/C15H21NO4/c1-3-19-15(18)8-7-14(17)16-9-10-20-13-6-4-5-12(2)11-13/h4-6,11H,3,7-10H2,1-2H3,(H,16,17). The van der Waals surface area contributed by atoms with E-state index in [0.29, 0.717) is 19.8 Å². The van der Waals surface area contributed by atoms with Crippen LogP contribution in [0.3, 0.4) is 0 Å². The van der Waals surface area contributed by atoms with Crippen molar-refractivity contribution in [3.8, 4) is 5.75 Å². The fourth-order valence-corrected chi connectivity index (χ4v) is 1.60. The van der Waals surface area contributed by atoms with Gasteiger partial charge < -0.3 is 14.8 Å². The van der Waals surface area contributed by atoms with Crippen LogP contribution in [-0.4, -0.2) is 31.6 Å². The van der Waals surface area contributed by atoms with E-state index in [-0.39, 0.29) is 24.7 Å². The zero-order valence-corrected chi connectivity index (χ0v) is 12.0. The lowest BCUT2D eigenvalue weighted by molar-refractivity contribution is -0.144. The Morgan fingerprint density at radius 2 is 2.05 bits per heavy atom. The number of aryl methyl sites for hydroxylation is 1. The molecule has 0 unspecified atom stereocenters. The summed E-state index contributed by atoms with van der Waals surface area (Å²) >= 11 is 0. The molecule has 0 aromatic heterocycles. The van der Waals surface area contributed by atoms with E-state index < -0.39 is 0 Å². The van der Waals surface area contributed by atoms with Crippen molar-refractivity contribution in [1.82, 2.24) is 5.32 Å². The Labute approximate surface area is 119 Å². The van der Waals surface area contributed by atoms with E-state index in [4.69, 9.17) is 9.47 Å². The predicted molar refractivity (Wildman–Crippen MR) is 75.6 cm³/mol. The lowest BCUT2D eigenvalue weighted by atomic mass is 10.2. The van der Waals surface area contributed by atoms with E-state index in [1.54, 1.807) is 6.92 Å². The number of carbonyl (C=O) groups is 2. The van der Waals surface area contributed by atoms with Gasteiger partial charge in [0.2, 0.25) is 5.91 Å². The maximum absolute atomic E-state index is 11.4. The molecular weight excluding hydrogens is 258 g/mol. The van der Waals surface area contributed by atoms with Crippen molar-refractivity contribution in [2.75, 3.05) is 19.8 Å². The zero-order chi connectivity index (χ0) is 14.8. The Kier molecular flexibility index (Phi) is 7.17. The normalized spacial score (nSPS) is 9.90. The number of esters is 1. The molecule has 0 aliphatic rings. The van der Waals surface area contributed by atoms with Crippen molar-refractivity contribution in [1.29, 1.82) is 0 Å². The summed E-state index contributed by atoms with van der Waals surface area (Å²) in [6.45, 7) is 4.87. The highest BCUT2D eigenvalue weighted by Gasteiger charge is 2.06. The molecule has 0 spiro atoms. The molecule has 0 atom stereocenters. The van der Waals surface area contributed by atoms with E-state index in [1.807, 2.05) is 31.2 Å². The summed E-state index contributed by atoms with van der Waals surface area (Å²) in [6, 6.07) is 7.71. The monoisotopic (exact) mass is 279 g/mol. The van der Waals surface area contributed by atoms with Crippen LogP contribution < -0.4 is 10.1 Å². The van der Waals surface area contributed by atoms with Crippen molar-refractivity contribution in [3.63, 3.8) is 0 Å². The van der Waals surface area contributed by atoms with Crippen molar-refractivity contribution >= 4 is 11.9 Å². The highest BCUT2D eigenvalue weighted by Crippen LogP contribution is 2.11. The van der Waals surface area contributed by atoms with Crippen molar-refractivity contribution in [2.45, 2.75) is 26.7 Å². The van der Waals surface area contributed by atoms with Crippen LogP contribution in [0.5, 0.6) is 5.75 Å². The molecule has 5 heteroatoms. The zero-order valence-electron chi connectivity index (χ0n) is 12.0. The van der Waals surface area contributed by atoms with Crippen LogP contribution in [0.2, 0.25) is 0 Å². The first kappa shape index (κ1) is 16.0. The quantitative estimate of drug-likeness (QED) is 0.582. The Hall–Kier alpha value is -2.04. The number of carbonyl (C=O) groups excluding carboxylic acids is 2. The molecular formula is C15H21NO4. The maximum Gasteiger partial charge on any atom is 0.306 e. The summed E-state index contributed by atoms with van der Waals surface area (Å²) in [4.78, 5) is 22.5. The van der Waals surface area contributed by atoms with Gasteiger partial charge in [-0.3, -0.25) is 9.59 Å². The third kappa shape index (κ3) is 6.78. The van der Waals surface area contributed by atoms with Crippen molar-refractivity contribution < 1.29 is 19.1 Å². The summed E-state index contributed by atoms with van der Waals surface area (Å²) in [5.41, 5.74) is 1.13. The first-order chi connectivity index (χ1) is 9.61. The van der Waals surface area contributed by atoms with E-state index in [2.05, 4.69) is 5.32 Å². The predicted octanol–water partition coefficient (Wildman–Crippen LogP) is 1.83. The SMILES string of the molecule is CCOC(=O)CCC(=O)NCCOc1cccc(C)c1. The fourth-order valence-electron chi connectivity index (χ4n) is 1.60. The highest BCUT2D eigenvalue weighted by atomic mass is 16.5. The van der Waals surface area contributed by atoms with E-state index >= 15 is 0 Å². The summed E-state index contributed by atoms with van der Waals surface area (Å²) in [7, 11) is 0. The van der Waals surface area contributed by atoms with E-state index in [9.17, 15) is 9.59 Å². The average Bonchev–Trinajstić information content (AvgIpc) is 2.42. The third-order valence-corrected chi connectivity index (χ3v) is 2.54. The fraction of sp³-hybridized carbons (Fsp3) is 0.467. The molecule has 0 saturated heterocycles.